The van der Waals surface area contributed by atoms with E-state index in [1.54, 1.807) is 13.8 Å². The number of hydrogen-bond acceptors (Lipinski definition) is 5. The SMILES string of the molecule is CC(C)(SCC(=O)NCC1CCCO1)[C@H](N)C(=O)O. The third-order valence-electron chi connectivity index (χ3n) is 3.14. The Morgan fingerprint density at radius 1 is 1.58 bits per heavy atom. The molecule has 19 heavy (non-hydrogen) atoms. The minimum atomic E-state index is -1.06. The van der Waals surface area contributed by atoms with Crippen LogP contribution >= 0.6 is 11.8 Å². The van der Waals surface area contributed by atoms with Crippen LogP contribution in [0.15, 0.2) is 0 Å². The van der Waals surface area contributed by atoms with Gasteiger partial charge in [-0.3, -0.25) is 9.59 Å². The summed E-state index contributed by atoms with van der Waals surface area (Å²) in [5.41, 5.74) is 5.58. The third-order valence-corrected chi connectivity index (χ3v) is 4.55. The number of carboxylic acids is 1. The van der Waals surface area contributed by atoms with Crippen molar-refractivity contribution in [2.45, 2.75) is 43.6 Å². The fourth-order valence-electron chi connectivity index (χ4n) is 1.72. The number of amides is 1. The van der Waals surface area contributed by atoms with Gasteiger partial charge in [-0.25, -0.2) is 0 Å². The summed E-state index contributed by atoms with van der Waals surface area (Å²) in [6.07, 6.45) is 2.13. The van der Waals surface area contributed by atoms with Gasteiger partial charge in [0, 0.05) is 17.9 Å². The number of carboxylic acid groups (broad SMARTS) is 1. The molecular formula is C12H22N2O4S. The molecule has 0 aromatic rings. The maximum absolute atomic E-state index is 11.7. The summed E-state index contributed by atoms with van der Waals surface area (Å²) in [5.74, 6) is -0.982. The van der Waals surface area contributed by atoms with Gasteiger partial charge in [0.05, 0.1) is 11.9 Å². The van der Waals surface area contributed by atoms with E-state index in [4.69, 9.17) is 15.6 Å². The molecule has 0 spiro atoms. The zero-order chi connectivity index (χ0) is 14.5. The van der Waals surface area contributed by atoms with Crippen LogP contribution in [0.25, 0.3) is 0 Å². The van der Waals surface area contributed by atoms with E-state index in [1.165, 1.54) is 11.8 Å². The lowest BCUT2D eigenvalue weighted by Crippen LogP contribution is -2.47. The number of carbonyl (C=O) groups excluding carboxylic acids is 1. The Morgan fingerprint density at radius 3 is 2.79 bits per heavy atom. The van der Waals surface area contributed by atoms with Crippen molar-refractivity contribution in [2.75, 3.05) is 18.9 Å². The van der Waals surface area contributed by atoms with Crippen molar-refractivity contribution >= 4 is 23.6 Å². The van der Waals surface area contributed by atoms with Crippen LogP contribution in [0, 0.1) is 0 Å². The molecule has 1 rings (SSSR count). The van der Waals surface area contributed by atoms with Gasteiger partial charge < -0.3 is 20.9 Å². The minimum Gasteiger partial charge on any atom is -0.480 e. The summed E-state index contributed by atoms with van der Waals surface area (Å²) in [5, 5.41) is 11.7. The Morgan fingerprint density at radius 2 is 2.26 bits per heavy atom. The number of nitrogens with one attached hydrogen (secondary N) is 1. The van der Waals surface area contributed by atoms with Crippen LogP contribution in [0.3, 0.4) is 0 Å². The van der Waals surface area contributed by atoms with Crippen molar-refractivity contribution in [1.82, 2.24) is 5.32 Å². The standard InChI is InChI=1S/C12H22N2O4S/c1-12(2,10(13)11(16)17)19-7-9(15)14-6-8-4-3-5-18-8/h8,10H,3-7,13H2,1-2H3,(H,14,15)(H,16,17)/t8?,10-/m1/s1. The lowest BCUT2D eigenvalue weighted by atomic mass is 10.1. The average molecular weight is 290 g/mol. The number of nitrogens with two attached hydrogens (primary N) is 1. The molecule has 0 bridgehead atoms. The van der Waals surface area contributed by atoms with Gasteiger partial charge in [-0.15, -0.1) is 11.8 Å². The second-order valence-electron chi connectivity index (χ2n) is 5.15. The van der Waals surface area contributed by atoms with Crippen molar-refractivity contribution in [3.05, 3.63) is 0 Å². The summed E-state index contributed by atoms with van der Waals surface area (Å²) < 4.78 is 4.71. The Balaban J connectivity index is 2.26. The van der Waals surface area contributed by atoms with E-state index in [0.29, 0.717) is 6.54 Å². The number of rotatable bonds is 7. The van der Waals surface area contributed by atoms with Crippen LogP contribution in [-0.2, 0) is 14.3 Å². The van der Waals surface area contributed by atoms with E-state index < -0.39 is 16.8 Å². The van der Waals surface area contributed by atoms with Crippen molar-refractivity contribution in [1.29, 1.82) is 0 Å². The van der Waals surface area contributed by atoms with Gasteiger partial charge in [0.1, 0.15) is 6.04 Å². The first-order valence-electron chi connectivity index (χ1n) is 6.33. The average Bonchev–Trinajstić information content (AvgIpc) is 2.86. The van der Waals surface area contributed by atoms with Gasteiger partial charge in [-0.05, 0) is 26.7 Å². The van der Waals surface area contributed by atoms with Crippen LogP contribution in [-0.4, -0.2) is 52.8 Å². The first-order chi connectivity index (χ1) is 8.83. The van der Waals surface area contributed by atoms with Crippen LogP contribution in [0.4, 0.5) is 0 Å². The maximum atomic E-state index is 11.7. The number of hydrogen-bond donors (Lipinski definition) is 3. The highest BCUT2D eigenvalue weighted by Crippen LogP contribution is 2.27. The monoisotopic (exact) mass is 290 g/mol. The van der Waals surface area contributed by atoms with E-state index in [0.717, 1.165) is 19.4 Å². The van der Waals surface area contributed by atoms with E-state index in [9.17, 15) is 9.59 Å². The Bertz CT molecular complexity index is 330. The first-order valence-corrected chi connectivity index (χ1v) is 7.32. The fraction of sp³-hybridized carbons (Fsp3) is 0.833. The molecule has 0 aromatic heterocycles. The molecule has 1 unspecified atom stereocenters. The van der Waals surface area contributed by atoms with E-state index in [1.807, 2.05) is 0 Å². The number of aliphatic carboxylic acids is 1. The van der Waals surface area contributed by atoms with Gasteiger partial charge in [-0.2, -0.15) is 0 Å². The largest absolute Gasteiger partial charge is 0.480 e. The summed E-state index contributed by atoms with van der Waals surface area (Å²) in [6.45, 7) is 4.73. The van der Waals surface area contributed by atoms with E-state index in [-0.39, 0.29) is 17.8 Å². The number of carbonyl (C=O) groups is 2. The molecular weight excluding hydrogens is 268 g/mol. The van der Waals surface area contributed by atoms with E-state index >= 15 is 0 Å². The molecule has 0 radical (unpaired) electrons. The molecule has 7 heteroatoms. The molecule has 2 atom stereocenters. The van der Waals surface area contributed by atoms with E-state index in [2.05, 4.69) is 5.32 Å². The van der Waals surface area contributed by atoms with Crippen LogP contribution in [0.1, 0.15) is 26.7 Å². The first kappa shape index (κ1) is 16.3. The van der Waals surface area contributed by atoms with Crippen molar-refractivity contribution < 1.29 is 19.4 Å². The molecule has 6 nitrogen and oxygen atoms in total. The van der Waals surface area contributed by atoms with Crippen molar-refractivity contribution in [3.8, 4) is 0 Å². The Kier molecular flexibility index (Phi) is 6.09. The third kappa shape index (κ3) is 5.38. The van der Waals surface area contributed by atoms with Crippen LogP contribution in [0.2, 0.25) is 0 Å². The summed E-state index contributed by atoms with van der Waals surface area (Å²) >= 11 is 1.25. The van der Waals surface area contributed by atoms with Crippen LogP contribution in [0.5, 0.6) is 0 Å². The van der Waals surface area contributed by atoms with Crippen molar-refractivity contribution in [2.24, 2.45) is 5.73 Å². The number of thioether (sulfide) groups is 1. The minimum absolute atomic E-state index is 0.114. The molecule has 0 aliphatic carbocycles. The highest BCUT2D eigenvalue weighted by molar-refractivity contribution is 8.01. The zero-order valence-electron chi connectivity index (χ0n) is 11.3. The smallest absolute Gasteiger partial charge is 0.321 e. The molecule has 1 saturated heterocycles. The molecule has 110 valence electrons. The summed E-state index contributed by atoms with van der Waals surface area (Å²) in [6, 6.07) is -0.997. The molecule has 1 fully saturated rings. The maximum Gasteiger partial charge on any atom is 0.321 e. The van der Waals surface area contributed by atoms with Gasteiger partial charge >= 0.3 is 5.97 Å². The normalized spacial score (nSPS) is 21.1. The van der Waals surface area contributed by atoms with Gasteiger partial charge in [-0.1, -0.05) is 0 Å². The quantitative estimate of drug-likeness (QED) is 0.619. The second kappa shape index (κ2) is 7.12. The van der Waals surface area contributed by atoms with Gasteiger partial charge in [0.15, 0.2) is 0 Å². The highest BCUT2D eigenvalue weighted by Gasteiger charge is 2.33. The van der Waals surface area contributed by atoms with Crippen LogP contribution < -0.4 is 11.1 Å². The Labute approximate surface area is 117 Å². The predicted molar refractivity (Wildman–Crippen MR) is 74.1 cm³/mol. The molecule has 1 aliphatic heterocycles. The predicted octanol–water partition coefficient (Wildman–Crippen LogP) is 0.205. The van der Waals surface area contributed by atoms with Crippen molar-refractivity contribution in [3.63, 3.8) is 0 Å². The summed E-state index contributed by atoms with van der Waals surface area (Å²) in [7, 11) is 0. The second-order valence-corrected chi connectivity index (χ2v) is 6.78. The summed E-state index contributed by atoms with van der Waals surface area (Å²) in [4.78, 5) is 22.5. The Hall–Kier alpha value is -0.790. The fourth-order valence-corrected chi connectivity index (χ4v) is 2.61. The van der Waals surface area contributed by atoms with Gasteiger partial charge in [0.25, 0.3) is 0 Å². The molecule has 1 amide bonds. The molecule has 0 saturated carbocycles. The topological polar surface area (TPSA) is 102 Å². The molecule has 0 aromatic carbocycles. The number of ether oxygens (including phenoxy) is 1. The van der Waals surface area contributed by atoms with Gasteiger partial charge in [0.2, 0.25) is 5.91 Å². The highest BCUT2D eigenvalue weighted by atomic mass is 32.2. The lowest BCUT2D eigenvalue weighted by Gasteiger charge is -2.27. The molecule has 1 aliphatic rings. The molecule has 4 N–H and O–H groups in total. The zero-order valence-corrected chi connectivity index (χ0v) is 12.2. The molecule has 1 heterocycles. The lowest BCUT2D eigenvalue weighted by molar-refractivity contribution is -0.139.